The van der Waals surface area contributed by atoms with E-state index in [0.717, 1.165) is 37.7 Å². The third-order valence-electron chi connectivity index (χ3n) is 11.5. The van der Waals surface area contributed by atoms with Crippen molar-refractivity contribution in [1.29, 1.82) is 0 Å². The first-order valence-electron chi connectivity index (χ1n) is 18.7. The molecule has 2 aromatic rings. The van der Waals surface area contributed by atoms with Crippen molar-refractivity contribution in [2.24, 2.45) is 5.92 Å². The molecule has 2 unspecified atom stereocenters. The first-order chi connectivity index (χ1) is 22.3. The Morgan fingerprint density at radius 3 is 2.12 bits per heavy atom. The molecule has 0 radical (unpaired) electrons. The number of hydrogen-bond acceptors (Lipinski definition) is 4. The summed E-state index contributed by atoms with van der Waals surface area (Å²) in [6.07, 6.45) is 8.69. The number of benzene rings is 2. The summed E-state index contributed by atoms with van der Waals surface area (Å²) in [5.41, 5.74) is 4.41. The van der Waals surface area contributed by atoms with E-state index in [1.165, 1.54) is 30.4 Å². The molecule has 0 aromatic heterocycles. The highest BCUT2D eigenvalue weighted by molar-refractivity contribution is 6.74. The van der Waals surface area contributed by atoms with Gasteiger partial charge in [-0.15, -0.1) is 11.6 Å². The van der Waals surface area contributed by atoms with E-state index in [0.29, 0.717) is 18.1 Å². The van der Waals surface area contributed by atoms with Gasteiger partial charge in [0, 0.05) is 11.3 Å². The van der Waals surface area contributed by atoms with Gasteiger partial charge in [-0.3, -0.25) is 0 Å². The van der Waals surface area contributed by atoms with Gasteiger partial charge >= 0.3 is 5.97 Å². The minimum atomic E-state index is -2.02. The average molecular weight is 716 g/mol. The molecule has 0 bridgehead atoms. The Bertz CT molecular complexity index is 1290. The predicted molar refractivity (Wildman–Crippen MR) is 210 cm³/mol. The molecule has 0 heterocycles. The molecule has 1 aliphatic rings. The van der Waals surface area contributed by atoms with Crippen molar-refractivity contribution in [3.63, 3.8) is 0 Å². The van der Waals surface area contributed by atoms with E-state index >= 15 is 0 Å². The van der Waals surface area contributed by atoms with E-state index in [2.05, 4.69) is 105 Å². The fourth-order valence-corrected chi connectivity index (χ4v) is 9.62. The van der Waals surface area contributed by atoms with E-state index in [9.17, 15) is 4.79 Å². The number of halogens is 1. The third-order valence-corrected chi connectivity index (χ3v) is 21.0. The summed E-state index contributed by atoms with van der Waals surface area (Å²) < 4.78 is 19.5. The summed E-state index contributed by atoms with van der Waals surface area (Å²) in [4.78, 5) is 12.3. The van der Waals surface area contributed by atoms with Crippen LogP contribution >= 0.6 is 11.6 Å². The Morgan fingerprint density at radius 1 is 0.896 bits per heavy atom. The van der Waals surface area contributed by atoms with Crippen molar-refractivity contribution in [1.82, 2.24) is 0 Å². The second-order valence-corrected chi connectivity index (χ2v) is 27.3. The van der Waals surface area contributed by atoms with E-state index in [1.54, 1.807) is 0 Å². The van der Waals surface area contributed by atoms with Crippen LogP contribution in [0.25, 0.3) is 0 Å². The molecule has 4 nitrogen and oxygen atoms in total. The topological polar surface area (TPSA) is 44.8 Å². The minimum absolute atomic E-state index is 0.0546. The van der Waals surface area contributed by atoms with Crippen LogP contribution in [0.3, 0.4) is 0 Å². The zero-order valence-electron chi connectivity index (χ0n) is 32.4. The van der Waals surface area contributed by atoms with Crippen LogP contribution in [-0.2, 0) is 20.0 Å². The summed E-state index contributed by atoms with van der Waals surface area (Å²) >= 11 is 7.27. The number of alkyl halides is 1. The molecule has 3 rings (SSSR count). The van der Waals surface area contributed by atoms with Crippen LogP contribution in [0.4, 0.5) is 0 Å². The Morgan fingerprint density at radius 2 is 1.54 bits per heavy atom. The number of esters is 1. The highest BCUT2D eigenvalue weighted by Gasteiger charge is 2.48. The van der Waals surface area contributed by atoms with Gasteiger partial charge in [0.15, 0.2) is 16.6 Å². The Balaban J connectivity index is 1.89. The molecule has 7 heteroatoms. The molecule has 1 saturated carbocycles. The number of hydrogen-bond donors (Lipinski definition) is 0. The minimum Gasteiger partial charge on any atom is -0.462 e. The van der Waals surface area contributed by atoms with Crippen LogP contribution in [0, 0.1) is 5.92 Å². The molecule has 0 N–H and O–H groups in total. The maximum Gasteiger partial charge on any atom is 0.338 e. The smallest absolute Gasteiger partial charge is 0.338 e. The van der Waals surface area contributed by atoms with Gasteiger partial charge < -0.3 is 13.6 Å². The zero-order valence-corrected chi connectivity index (χ0v) is 35.1. The number of ether oxygens (including phenoxy) is 1. The second-order valence-electron chi connectivity index (χ2n) is 17.2. The first-order valence-corrected chi connectivity index (χ1v) is 24.9. The molecule has 5 atom stereocenters. The zero-order chi connectivity index (χ0) is 35.9. The van der Waals surface area contributed by atoms with Gasteiger partial charge in [0.25, 0.3) is 0 Å². The number of carbonyl (C=O) groups is 1. The molecule has 1 fully saturated rings. The normalized spacial score (nSPS) is 21.4. The average Bonchev–Trinajstić information content (AvgIpc) is 3.29. The predicted octanol–water partition coefficient (Wildman–Crippen LogP) is 12.6. The van der Waals surface area contributed by atoms with Crippen molar-refractivity contribution in [2.75, 3.05) is 6.61 Å². The van der Waals surface area contributed by atoms with Gasteiger partial charge in [0.2, 0.25) is 0 Å². The summed E-state index contributed by atoms with van der Waals surface area (Å²) in [6.45, 7) is 27.9. The summed E-state index contributed by atoms with van der Waals surface area (Å²) in [7, 11) is -3.96. The molecule has 0 saturated heterocycles. The third kappa shape index (κ3) is 10.8. The largest absolute Gasteiger partial charge is 0.462 e. The lowest BCUT2D eigenvalue weighted by Gasteiger charge is -2.40. The highest BCUT2D eigenvalue weighted by Crippen LogP contribution is 2.50. The van der Waals surface area contributed by atoms with Crippen molar-refractivity contribution < 1.29 is 18.4 Å². The standard InChI is InChI=1S/C41H67ClO4Si2/c1-13-15-16-23-36(45-47(9,10)40(3,4)5)31-24-26-32(27-25-31)38-34(35(42)29-37(38)46-48(11,12)41(6,7)8)22-18-20-30-19-17-21-33(28-30)39(43)44-14-2/h17,19,21,24-28,34-38H,13-16,18,20,22-23,29H2,1-12H3/t34?,35-,36?,37-,38-/m1/s1. The van der Waals surface area contributed by atoms with Gasteiger partial charge in [0.1, 0.15) is 0 Å². The number of carbonyl (C=O) groups excluding carboxylic acids is 1. The van der Waals surface area contributed by atoms with Crippen LogP contribution in [0.5, 0.6) is 0 Å². The molecule has 1 aliphatic carbocycles. The van der Waals surface area contributed by atoms with Crippen molar-refractivity contribution in [3.8, 4) is 0 Å². The van der Waals surface area contributed by atoms with E-state index < -0.39 is 16.6 Å². The maximum absolute atomic E-state index is 12.3. The fourth-order valence-electron chi connectivity index (χ4n) is 6.49. The molecule has 48 heavy (non-hydrogen) atoms. The van der Waals surface area contributed by atoms with E-state index in [4.69, 9.17) is 25.2 Å². The molecule has 0 aliphatic heterocycles. The Labute approximate surface area is 301 Å². The van der Waals surface area contributed by atoms with Gasteiger partial charge in [-0.2, -0.15) is 0 Å². The molecule has 0 amide bonds. The van der Waals surface area contributed by atoms with E-state index in [1.807, 2.05) is 25.1 Å². The van der Waals surface area contributed by atoms with Crippen LogP contribution in [0.1, 0.15) is 139 Å². The van der Waals surface area contributed by atoms with Crippen LogP contribution in [-0.4, -0.2) is 40.7 Å². The molecule has 0 spiro atoms. The van der Waals surface area contributed by atoms with Crippen molar-refractivity contribution in [2.45, 2.75) is 167 Å². The van der Waals surface area contributed by atoms with Gasteiger partial charge in [0.05, 0.1) is 24.4 Å². The fraction of sp³-hybridized carbons (Fsp3) is 0.683. The summed E-state index contributed by atoms with van der Waals surface area (Å²) in [5, 5.41) is 0.341. The molecule has 270 valence electrons. The van der Waals surface area contributed by atoms with Gasteiger partial charge in [-0.25, -0.2) is 4.79 Å². The highest BCUT2D eigenvalue weighted by atomic mass is 35.5. The lowest BCUT2D eigenvalue weighted by atomic mass is 9.83. The Hall–Kier alpha value is -1.45. The molecule has 2 aromatic carbocycles. The summed E-state index contributed by atoms with van der Waals surface area (Å²) in [6, 6.07) is 17.3. The number of rotatable bonds is 16. The maximum atomic E-state index is 12.3. The second kappa shape index (κ2) is 17.2. The Kier molecular flexibility index (Phi) is 14.7. The number of aryl methyl sites for hydroxylation is 1. The monoisotopic (exact) mass is 714 g/mol. The van der Waals surface area contributed by atoms with Gasteiger partial charge in [-0.05, 0) is 110 Å². The van der Waals surface area contributed by atoms with Crippen LogP contribution in [0.15, 0.2) is 48.5 Å². The summed E-state index contributed by atoms with van der Waals surface area (Å²) in [5.74, 6) is 0.290. The quantitative estimate of drug-likeness (QED) is 0.0751. The molecular weight excluding hydrogens is 648 g/mol. The first kappa shape index (κ1) is 41.0. The molecular formula is C41H67ClO4Si2. The lowest BCUT2D eigenvalue weighted by Crippen LogP contribution is -2.44. The SMILES string of the molecule is CCCCCC(O[Si](C)(C)C(C)(C)C)c1ccc([C@@H]2C(CCCc3cccc(C(=O)OCC)c3)[C@H](Cl)C[C@H]2O[Si](C)(C)C(C)(C)C)cc1. The number of unbranched alkanes of at least 4 members (excludes halogenated alkanes) is 2. The van der Waals surface area contributed by atoms with Crippen molar-refractivity contribution >= 4 is 34.2 Å². The lowest BCUT2D eigenvalue weighted by molar-refractivity contribution is 0.0526. The van der Waals surface area contributed by atoms with E-state index in [-0.39, 0.29) is 39.5 Å². The van der Waals surface area contributed by atoms with Crippen molar-refractivity contribution in [3.05, 3.63) is 70.8 Å². The van der Waals surface area contributed by atoms with Gasteiger partial charge in [-0.1, -0.05) is 104 Å². The van der Waals surface area contributed by atoms with Crippen LogP contribution in [0.2, 0.25) is 36.3 Å². The van der Waals surface area contributed by atoms with Crippen LogP contribution < -0.4 is 0 Å².